The molecular weight excluding hydrogens is 376 g/mol. The first kappa shape index (κ1) is 21.6. The number of carbonyl (C=O) groups excluding carboxylic acids is 1. The summed E-state index contributed by atoms with van der Waals surface area (Å²) in [6.07, 6.45) is 5.34. The first-order valence-electron chi connectivity index (χ1n) is 10.7. The quantitative estimate of drug-likeness (QED) is 0.482. The maximum absolute atomic E-state index is 13.2. The van der Waals surface area contributed by atoms with Gasteiger partial charge in [-0.15, -0.1) is 0 Å². The van der Waals surface area contributed by atoms with Crippen LogP contribution in [0.1, 0.15) is 60.5 Å². The van der Waals surface area contributed by atoms with E-state index in [0.717, 1.165) is 36.8 Å². The minimum atomic E-state index is -0.586. The van der Waals surface area contributed by atoms with Crippen molar-refractivity contribution in [3.8, 4) is 5.75 Å². The van der Waals surface area contributed by atoms with Crippen LogP contribution in [0.15, 0.2) is 47.3 Å². The summed E-state index contributed by atoms with van der Waals surface area (Å²) >= 11 is 0. The molecule has 1 amide bonds. The predicted molar refractivity (Wildman–Crippen MR) is 123 cm³/mol. The van der Waals surface area contributed by atoms with Gasteiger partial charge in [0.05, 0.1) is 5.52 Å². The molecule has 0 radical (unpaired) electrons. The van der Waals surface area contributed by atoms with Gasteiger partial charge < -0.3 is 15.0 Å². The lowest BCUT2D eigenvalue weighted by molar-refractivity contribution is 0.102. The van der Waals surface area contributed by atoms with E-state index in [1.54, 1.807) is 22.8 Å². The molecule has 1 aromatic heterocycles. The van der Waals surface area contributed by atoms with Gasteiger partial charge in [-0.25, -0.2) is 0 Å². The highest BCUT2D eigenvalue weighted by Gasteiger charge is 2.22. The zero-order valence-corrected chi connectivity index (χ0v) is 18.0. The van der Waals surface area contributed by atoms with E-state index in [1.807, 2.05) is 38.1 Å². The first-order chi connectivity index (χ1) is 14.5. The fourth-order valence-electron chi connectivity index (χ4n) is 3.76. The van der Waals surface area contributed by atoms with Crippen LogP contribution < -0.4 is 10.9 Å². The van der Waals surface area contributed by atoms with Crippen LogP contribution in [-0.4, -0.2) is 15.6 Å². The number of fused-ring (bicyclic) bond motifs is 1. The summed E-state index contributed by atoms with van der Waals surface area (Å²) in [5.41, 5.74) is 2.60. The molecule has 0 spiro atoms. The number of pyridine rings is 1. The predicted octanol–water partition coefficient (Wildman–Crippen LogP) is 5.55. The Kier molecular flexibility index (Phi) is 6.93. The van der Waals surface area contributed by atoms with Crippen molar-refractivity contribution in [2.75, 3.05) is 5.32 Å². The number of para-hydroxylation sites is 1. The first-order valence-corrected chi connectivity index (χ1v) is 10.7. The molecule has 0 atom stereocenters. The number of unbranched alkanes of at least 4 members (excludes halogenated alkanes) is 4. The third-order valence-electron chi connectivity index (χ3n) is 5.71. The van der Waals surface area contributed by atoms with E-state index in [0.29, 0.717) is 23.1 Å². The van der Waals surface area contributed by atoms with Crippen molar-refractivity contribution in [2.24, 2.45) is 0 Å². The minimum absolute atomic E-state index is 0.205. The molecule has 1 heterocycles. The van der Waals surface area contributed by atoms with Gasteiger partial charge in [-0.3, -0.25) is 9.59 Å². The van der Waals surface area contributed by atoms with E-state index in [2.05, 4.69) is 12.2 Å². The van der Waals surface area contributed by atoms with Crippen molar-refractivity contribution in [1.82, 2.24) is 4.57 Å². The van der Waals surface area contributed by atoms with Crippen LogP contribution in [0.3, 0.4) is 0 Å². The van der Waals surface area contributed by atoms with Gasteiger partial charge in [-0.1, -0.05) is 56.9 Å². The number of benzene rings is 2. The van der Waals surface area contributed by atoms with Crippen molar-refractivity contribution >= 4 is 22.5 Å². The van der Waals surface area contributed by atoms with Crippen LogP contribution in [0, 0.1) is 13.8 Å². The Labute approximate surface area is 177 Å². The van der Waals surface area contributed by atoms with Gasteiger partial charge in [0.25, 0.3) is 11.5 Å². The molecule has 2 N–H and O–H groups in total. The Morgan fingerprint density at radius 2 is 1.73 bits per heavy atom. The van der Waals surface area contributed by atoms with E-state index in [-0.39, 0.29) is 11.3 Å². The molecule has 158 valence electrons. The molecule has 3 aromatic rings. The minimum Gasteiger partial charge on any atom is -0.506 e. The monoisotopic (exact) mass is 406 g/mol. The summed E-state index contributed by atoms with van der Waals surface area (Å²) in [5.74, 6) is -0.850. The number of carbonyl (C=O) groups is 1. The van der Waals surface area contributed by atoms with Gasteiger partial charge in [-0.05, 0) is 49.6 Å². The number of aromatic nitrogens is 1. The molecule has 0 fully saturated rings. The van der Waals surface area contributed by atoms with Crippen molar-refractivity contribution in [1.29, 1.82) is 0 Å². The molecule has 0 aliphatic carbocycles. The number of aryl methyl sites for hydroxylation is 2. The lowest BCUT2D eigenvalue weighted by atomic mass is 10.1. The second-order valence-electron chi connectivity index (χ2n) is 7.81. The number of hydrogen-bond acceptors (Lipinski definition) is 3. The molecule has 2 aromatic carbocycles. The van der Waals surface area contributed by atoms with Gasteiger partial charge in [0.15, 0.2) is 0 Å². The molecule has 0 unspecified atom stereocenters. The molecule has 30 heavy (non-hydrogen) atoms. The van der Waals surface area contributed by atoms with E-state index < -0.39 is 11.5 Å². The summed E-state index contributed by atoms with van der Waals surface area (Å²) in [4.78, 5) is 26.3. The van der Waals surface area contributed by atoms with Crippen molar-refractivity contribution in [3.05, 3.63) is 69.5 Å². The molecule has 3 rings (SSSR count). The summed E-state index contributed by atoms with van der Waals surface area (Å²) in [7, 11) is 0. The Morgan fingerprint density at radius 3 is 2.50 bits per heavy atom. The van der Waals surface area contributed by atoms with Crippen LogP contribution in [0.5, 0.6) is 5.75 Å². The van der Waals surface area contributed by atoms with E-state index >= 15 is 0 Å². The highest BCUT2D eigenvalue weighted by molar-refractivity contribution is 6.09. The van der Waals surface area contributed by atoms with Crippen LogP contribution in [0.4, 0.5) is 5.69 Å². The second kappa shape index (κ2) is 9.61. The average Bonchev–Trinajstić information content (AvgIpc) is 2.73. The number of amides is 1. The molecule has 0 saturated heterocycles. The van der Waals surface area contributed by atoms with Gasteiger partial charge in [0.1, 0.15) is 11.3 Å². The smallest absolute Gasteiger partial charge is 0.267 e. The fourth-order valence-corrected chi connectivity index (χ4v) is 3.76. The lowest BCUT2D eigenvalue weighted by Crippen LogP contribution is -2.30. The number of rotatable bonds is 8. The summed E-state index contributed by atoms with van der Waals surface area (Å²) in [5, 5.41) is 14.1. The lowest BCUT2D eigenvalue weighted by Gasteiger charge is -2.16. The molecule has 0 saturated carbocycles. The highest BCUT2D eigenvalue weighted by Crippen LogP contribution is 2.28. The van der Waals surface area contributed by atoms with Crippen molar-refractivity contribution in [2.45, 2.75) is 59.4 Å². The SMILES string of the molecule is CCCCCCCn1c(=O)c(C(=O)Nc2cccc(C)c2C)c(O)c2ccccc21. The Hall–Kier alpha value is -3.08. The molecule has 0 bridgehead atoms. The molecule has 5 heteroatoms. The van der Waals surface area contributed by atoms with Crippen LogP contribution in [0.25, 0.3) is 10.9 Å². The van der Waals surface area contributed by atoms with E-state index in [9.17, 15) is 14.7 Å². The van der Waals surface area contributed by atoms with Gasteiger partial charge in [-0.2, -0.15) is 0 Å². The topological polar surface area (TPSA) is 71.3 Å². The maximum atomic E-state index is 13.2. The maximum Gasteiger partial charge on any atom is 0.267 e. The Balaban J connectivity index is 2.00. The molecular formula is C25H30N2O3. The molecule has 0 aliphatic heterocycles. The summed E-state index contributed by atoms with van der Waals surface area (Å²) in [6.45, 7) is 6.57. The average molecular weight is 407 g/mol. The van der Waals surface area contributed by atoms with Crippen LogP contribution in [0.2, 0.25) is 0 Å². The third-order valence-corrected chi connectivity index (χ3v) is 5.71. The largest absolute Gasteiger partial charge is 0.506 e. The highest BCUT2D eigenvalue weighted by atomic mass is 16.3. The number of aromatic hydroxyl groups is 1. The second-order valence-corrected chi connectivity index (χ2v) is 7.81. The Morgan fingerprint density at radius 1 is 1.00 bits per heavy atom. The zero-order chi connectivity index (χ0) is 21.7. The summed E-state index contributed by atoms with van der Waals surface area (Å²) in [6, 6.07) is 12.8. The van der Waals surface area contributed by atoms with Crippen LogP contribution >= 0.6 is 0 Å². The van der Waals surface area contributed by atoms with Crippen molar-refractivity contribution < 1.29 is 9.90 Å². The van der Waals surface area contributed by atoms with Gasteiger partial charge >= 0.3 is 0 Å². The number of anilines is 1. The van der Waals surface area contributed by atoms with Crippen LogP contribution in [-0.2, 0) is 6.54 Å². The Bertz CT molecular complexity index is 1120. The van der Waals surface area contributed by atoms with E-state index in [4.69, 9.17) is 0 Å². The number of nitrogens with one attached hydrogen (secondary N) is 1. The van der Waals surface area contributed by atoms with Gasteiger partial charge in [0, 0.05) is 17.6 Å². The standard InChI is InChI=1S/C25H30N2O3/c1-4-5-6-7-10-16-27-21-15-9-8-13-19(21)23(28)22(25(27)30)24(29)26-20-14-11-12-17(2)18(20)3/h8-9,11-15,28H,4-7,10,16H2,1-3H3,(H,26,29). The number of nitrogens with zero attached hydrogens (tertiary/aromatic N) is 1. The van der Waals surface area contributed by atoms with E-state index in [1.165, 1.54) is 6.42 Å². The third kappa shape index (κ3) is 4.40. The van der Waals surface area contributed by atoms with Crippen molar-refractivity contribution in [3.63, 3.8) is 0 Å². The fraction of sp³-hybridized carbons (Fsp3) is 0.360. The van der Waals surface area contributed by atoms with Gasteiger partial charge in [0.2, 0.25) is 0 Å². The number of hydrogen-bond donors (Lipinski definition) is 2. The molecule has 0 aliphatic rings. The molecule has 5 nitrogen and oxygen atoms in total. The zero-order valence-electron chi connectivity index (χ0n) is 18.0. The summed E-state index contributed by atoms with van der Waals surface area (Å²) < 4.78 is 1.62. The normalized spacial score (nSPS) is 11.0.